The van der Waals surface area contributed by atoms with Crippen molar-refractivity contribution in [3.8, 4) is 0 Å². The van der Waals surface area contributed by atoms with E-state index in [-0.39, 0.29) is 6.42 Å². The molecule has 0 fully saturated rings. The number of unbranched alkanes of at least 4 members (excludes halogenated alkanes) is 8. The number of aliphatic carboxylic acids is 1. The molecule has 0 aromatic rings. The minimum absolute atomic E-state index is 0.269. The van der Waals surface area contributed by atoms with Crippen molar-refractivity contribution in [1.29, 1.82) is 0 Å². The van der Waals surface area contributed by atoms with E-state index < -0.39 is 5.97 Å². The maximum absolute atomic E-state index is 10.3. The monoisotopic (exact) mass is 254 g/mol. The minimum atomic E-state index is -0.710. The molecule has 104 valence electrons. The van der Waals surface area contributed by atoms with Crippen LogP contribution in [0.15, 0.2) is 12.2 Å². The molecule has 0 saturated heterocycles. The Morgan fingerprint density at radius 2 is 1.28 bits per heavy atom. The van der Waals surface area contributed by atoms with E-state index in [1.54, 1.807) is 0 Å². The first-order chi connectivity index (χ1) is 8.77. The Balaban J connectivity index is 3.08. The number of aldehydes is 1. The molecule has 0 aromatic heterocycles. The molecule has 0 aliphatic carbocycles. The highest BCUT2D eigenvalue weighted by atomic mass is 16.4. The predicted molar refractivity (Wildman–Crippen MR) is 73.6 cm³/mol. The fraction of sp³-hybridized carbons (Fsp3) is 0.733. The molecule has 0 rings (SSSR count). The Morgan fingerprint density at radius 3 is 1.83 bits per heavy atom. The van der Waals surface area contributed by atoms with Crippen LogP contribution in [-0.2, 0) is 9.59 Å². The van der Waals surface area contributed by atoms with E-state index in [1.807, 2.05) is 0 Å². The highest BCUT2D eigenvalue weighted by Gasteiger charge is 1.93. The smallest absolute Gasteiger partial charge is 0.303 e. The van der Waals surface area contributed by atoms with Gasteiger partial charge in [-0.25, -0.2) is 0 Å². The third kappa shape index (κ3) is 14.9. The van der Waals surface area contributed by atoms with E-state index in [1.165, 1.54) is 32.1 Å². The molecule has 0 amide bonds. The topological polar surface area (TPSA) is 54.4 Å². The SMILES string of the molecule is O=CCCCCCCCC/C=C\CCCC(=O)O. The number of allylic oxidation sites excluding steroid dienone is 2. The second kappa shape index (κ2) is 13.9. The van der Waals surface area contributed by atoms with Gasteiger partial charge in [0.25, 0.3) is 0 Å². The van der Waals surface area contributed by atoms with Crippen LogP contribution < -0.4 is 0 Å². The number of carbonyl (C=O) groups is 2. The van der Waals surface area contributed by atoms with Crippen LogP contribution in [-0.4, -0.2) is 17.4 Å². The van der Waals surface area contributed by atoms with Crippen LogP contribution in [0.3, 0.4) is 0 Å². The van der Waals surface area contributed by atoms with Crippen molar-refractivity contribution in [1.82, 2.24) is 0 Å². The van der Waals surface area contributed by atoms with Gasteiger partial charge >= 0.3 is 5.97 Å². The molecule has 0 saturated carbocycles. The van der Waals surface area contributed by atoms with Gasteiger partial charge in [0.05, 0.1) is 0 Å². The third-order valence-corrected chi connectivity index (χ3v) is 2.87. The predicted octanol–water partition coefficient (Wildman–Crippen LogP) is 4.12. The molecule has 3 heteroatoms. The zero-order valence-corrected chi connectivity index (χ0v) is 11.3. The number of rotatable bonds is 13. The average Bonchev–Trinajstić information content (AvgIpc) is 2.34. The molecule has 0 aliphatic heterocycles. The lowest BCUT2D eigenvalue weighted by atomic mass is 10.1. The van der Waals surface area contributed by atoms with Crippen LogP contribution in [0.5, 0.6) is 0 Å². The highest BCUT2D eigenvalue weighted by Crippen LogP contribution is 2.08. The van der Waals surface area contributed by atoms with Crippen molar-refractivity contribution in [2.24, 2.45) is 0 Å². The van der Waals surface area contributed by atoms with Gasteiger partial charge in [-0.05, 0) is 32.1 Å². The van der Waals surface area contributed by atoms with Gasteiger partial charge in [0, 0.05) is 12.8 Å². The molecule has 0 aromatic carbocycles. The van der Waals surface area contributed by atoms with Crippen LogP contribution in [0.4, 0.5) is 0 Å². The van der Waals surface area contributed by atoms with E-state index in [0.717, 1.165) is 32.0 Å². The summed E-state index contributed by atoms with van der Waals surface area (Å²) >= 11 is 0. The van der Waals surface area contributed by atoms with Crippen molar-refractivity contribution in [3.63, 3.8) is 0 Å². The van der Waals surface area contributed by atoms with Gasteiger partial charge in [-0.1, -0.05) is 37.8 Å². The van der Waals surface area contributed by atoms with E-state index in [9.17, 15) is 9.59 Å². The summed E-state index contributed by atoms with van der Waals surface area (Å²) in [6.07, 6.45) is 16.1. The minimum Gasteiger partial charge on any atom is -0.481 e. The maximum Gasteiger partial charge on any atom is 0.303 e. The molecule has 0 atom stereocenters. The van der Waals surface area contributed by atoms with Crippen LogP contribution in [0.2, 0.25) is 0 Å². The fourth-order valence-electron chi connectivity index (χ4n) is 1.80. The van der Waals surface area contributed by atoms with Crippen molar-refractivity contribution in [2.45, 2.75) is 70.6 Å². The quantitative estimate of drug-likeness (QED) is 0.305. The Hall–Kier alpha value is -1.12. The van der Waals surface area contributed by atoms with E-state index in [2.05, 4.69) is 12.2 Å². The summed E-state index contributed by atoms with van der Waals surface area (Å²) in [6, 6.07) is 0. The summed E-state index contributed by atoms with van der Waals surface area (Å²) in [4.78, 5) is 20.3. The van der Waals surface area contributed by atoms with Crippen molar-refractivity contribution < 1.29 is 14.7 Å². The van der Waals surface area contributed by atoms with E-state index in [0.29, 0.717) is 6.42 Å². The lowest BCUT2D eigenvalue weighted by Gasteiger charge is -1.98. The van der Waals surface area contributed by atoms with Crippen LogP contribution in [0.25, 0.3) is 0 Å². The van der Waals surface area contributed by atoms with Gasteiger partial charge in [0.1, 0.15) is 6.29 Å². The third-order valence-electron chi connectivity index (χ3n) is 2.87. The summed E-state index contributed by atoms with van der Waals surface area (Å²) in [7, 11) is 0. The van der Waals surface area contributed by atoms with Gasteiger partial charge in [0.15, 0.2) is 0 Å². The first kappa shape index (κ1) is 16.9. The molecule has 0 spiro atoms. The molecule has 0 unspecified atom stereocenters. The van der Waals surface area contributed by atoms with Gasteiger partial charge in [-0.15, -0.1) is 0 Å². The number of carboxylic acid groups (broad SMARTS) is 1. The number of hydrogen-bond donors (Lipinski definition) is 1. The molecule has 0 radical (unpaired) electrons. The highest BCUT2D eigenvalue weighted by molar-refractivity contribution is 5.66. The van der Waals surface area contributed by atoms with E-state index >= 15 is 0 Å². The second-order valence-corrected chi connectivity index (χ2v) is 4.62. The number of carbonyl (C=O) groups excluding carboxylic acids is 1. The first-order valence-electron chi connectivity index (χ1n) is 7.08. The van der Waals surface area contributed by atoms with Crippen molar-refractivity contribution in [3.05, 3.63) is 12.2 Å². The number of carboxylic acids is 1. The number of hydrogen-bond acceptors (Lipinski definition) is 2. The molecule has 0 aliphatic rings. The zero-order valence-electron chi connectivity index (χ0n) is 11.3. The Labute approximate surface area is 110 Å². The van der Waals surface area contributed by atoms with Gasteiger partial charge < -0.3 is 9.90 Å². The Bertz CT molecular complexity index is 234. The zero-order chi connectivity index (χ0) is 13.5. The maximum atomic E-state index is 10.3. The molecular formula is C15H26O3. The lowest BCUT2D eigenvalue weighted by Crippen LogP contribution is -1.92. The molecule has 18 heavy (non-hydrogen) atoms. The summed E-state index contributed by atoms with van der Waals surface area (Å²) in [5, 5.41) is 8.45. The standard InChI is InChI=1S/C15H26O3/c16-14-12-10-8-6-4-2-1-3-5-7-9-11-13-15(17)18/h5,7,14H,1-4,6,8-13H2,(H,17,18)/b7-5-. The fourth-order valence-corrected chi connectivity index (χ4v) is 1.80. The summed E-state index contributed by atoms with van der Waals surface area (Å²) in [5.41, 5.74) is 0. The van der Waals surface area contributed by atoms with Crippen molar-refractivity contribution in [2.75, 3.05) is 0 Å². The largest absolute Gasteiger partial charge is 0.481 e. The average molecular weight is 254 g/mol. The molecule has 0 bridgehead atoms. The van der Waals surface area contributed by atoms with E-state index in [4.69, 9.17) is 5.11 Å². The van der Waals surface area contributed by atoms with Crippen molar-refractivity contribution >= 4 is 12.3 Å². The van der Waals surface area contributed by atoms with Gasteiger partial charge in [-0.2, -0.15) is 0 Å². The Morgan fingerprint density at radius 1 is 0.778 bits per heavy atom. The summed E-state index contributed by atoms with van der Waals surface area (Å²) < 4.78 is 0. The summed E-state index contributed by atoms with van der Waals surface area (Å²) in [5.74, 6) is -0.710. The van der Waals surface area contributed by atoms with Crippen LogP contribution in [0.1, 0.15) is 70.6 Å². The second-order valence-electron chi connectivity index (χ2n) is 4.62. The van der Waals surface area contributed by atoms with Gasteiger partial charge in [-0.3, -0.25) is 4.79 Å². The van der Waals surface area contributed by atoms with Crippen LogP contribution in [0, 0.1) is 0 Å². The normalized spacial score (nSPS) is 10.9. The lowest BCUT2D eigenvalue weighted by molar-refractivity contribution is -0.137. The molecule has 0 heterocycles. The Kier molecular flexibility index (Phi) is 13.1. The molecule has 1 N–H and O–H groups in total. The van der Waals surface area contributed by atoms with Crippen LogP contribution >= 0.6 is 0 Å². The van der Waals surface area contributed by atoms with Gasteiger partial charge in [0.2, 0.25) is 0 Å². The molecular weight excluding hydrogens is 228 g/mol. The first-order valence-corrected chi connectivity index (χ1v) is 7.08. The molecule has 3 nitrogen and oxygen atoms in total. The summed E-state index contributed by atoms with van der Waals surface area (Å²) in [6.45, 7) is 0.